The third kappa shape index (κ3) is 4.12. The molecule has 6 heteroatoms. The Morgan fingerprint density at radius 1 is 1.27 bits per heavy atom. The summed E-state index contributed by atoms with van der Waals surface area (Å²) in [5.41, 5.74) is 2.33. The number of nitrogens with one attached hydrogen (secondary N) is 1. The Hall–Kier alpha value is -2.63. The number of carbonyl (C=O) groups is 1. The normalized spacial score (nSPS) is 17.0. The molecule has 26 heavy (non-hydrogen) atoms. The van der Waals surface area contributed by atoms with Crippen LogP contribution in [0, 0.1) is 6.92 Å². The van der Waals surface area contributed by atoms with Gasteiger partial charge in [-0.05, 0) is 56.9 Å². The number of methoxy groups -OCH3 is 1. The molecule has 1 aromatic heterocycles. The first-order chi connectivity index (χ1) is 12.6. The highest BCUT2D eigenvalue weighted by Crippen LogP contribution is 2.26. The Morgan fingerprint density at radius 3 is 2.73 bits per heavy atom. The molecular formula is C20H26N4O2. The molecule has 0 bridgehead atoms. The molecule has 2 aromatic rings. The summed E-state index contributed by atoms with van der Waals surface area (Å²) in [5, 5.41) is 3.31. The first-order valence-electron chi connectivity index (χ1n) is 9.18. The Morgan fingerprint density at radius 2 is 2.04 bits per heavy atom. The lowest BCUT2D eigenvalue weighted by Crippen LogP contribution is -2.40. The van der Waals surface area contributed by atoms with Gasteiger partial charge in [-0.2, -0.15) is 4.98 Å². The monoisotopic (exact) mass is 354 g/mol. The zero-order valence-electron chi connectivity index (χ0n) is 15.7. The van der Waals surface area contributed by atoms with E-state index in [0.717, 1.165) is 36.1 Å². The minimum absolute atomic E-state index is 0.340. The van der Waals surface area contributed by atoms with Crippen molar-refractivity contribution in [3.63, 3.8) is 0 Å². The number of aryl methyl sites for hydroxylation is 1. The lowest BCUT2D eigenvalue weighted by atomic mass is 10.0. The second-order valence-corrected chi connectivity index (χ2v) is 6.64. The van der Waals surface area contributed by atoms with Gasteiger partial charge in [0, 0.05) is 30.0 Å². The predicted octanol–water partition coefficient (Wildman–Crippen LogP) is 4.08. The van der Waals surface area contributed by atoms with Crippen LogP contribution in [0.5, 0.6) is 0 Å². The van der Waals surface area contributed by atoms with Crippen molar-refractivity contribution in [1.82, 2.24) is 9.97 Å². The molecule has 0 saturated carbocycles. The molecule has 1 fully saturated rings. The number of benzene rings is 1. The Labute approximate surface area is 154 Å². The van der Waals surface area contributed by atoms with Crippen molar-refractivity contribution >= 4 is 23.4 Å². The number of carbonyl (C=O) groups excluding carboxylic acids is 1. The number of hydrogen-bond donors (Lipinski definition) is 1. The fourth-order valence-corrected chi connectivity index (χ4v) is 3.39. The number of hydrogen-bond acceptors (Lipinski definition) is 6. The van der Waals surface area contributed by atoms with Crippen molar-refractivity contribution < 1.29 is 9.53 Å². The molecule has 6 nitrogen and oxygen atoms in total. The molecule has 1 atom stereocenters. The van der Waals surface area contributed by atoms with Crippen molar-refractivity contribution in [3.05, 3.63) is 41.6 Å². The van der Waals surface area contributed by atoms with Crippen LogP contribution >= 0.6 is 0 Å². The van der Waals surface area contributed by atoms with Crippen LogP contribution in [0.1, 0.15) is 48.7 Å². The first-order valence-corrected chi connectivity index (χ1v) is 9.18. The fourth-order valence-electron chi connectivity index (χ4n) is 3.39. The van der Waals surface area contributed by atoms with Gasteiger partial charge < -0.3 is 15.0 Å². The lowest BCUT2D eigenvalue weighted by molar-refractivity contribution is 0.0601. The van der Waals surface area contributed by atoms with Crippen LogP contribution in [-0.4, -0.2) is 35.6 Å². The average molecular weight is 354 g/mol. The summed E-state index contributed by atoms with van der Waals surface area (Å²) in [4.78, 5) is 23.3. The van der Waals surface area contributed by atoms with E-state index in [1.165, 1.54) is 26.4 Å². The third-order valence-corrected chi connectivity index (χ3v) is 4.78. The van der Waals surface area contributed by atoms with Crippen molar-refractivity contribution in [2.45, 2.75) is 45.6 Å². The summed E-state index contributed by atoms with van der Waals surface area (Å²) in [6.07, 6.45) is 4.77. The van der Waals surface area contributed by atoms with Crippen molar-refractivity contribution in [2.75, 3.05) is 23.9 Å². The molecule has 1 aliphatic heterocycles. The maximum Gasteiger partial charge on any atom is 0.337 e. The average Bonchev–Trinajstić information content (AvgIpc) is 2.67. The summed E-state index contributed by atoms with van der Waals surface area (Å²) in [5.74, 6) is 1.22. The molecule has 0 spiro atoms. The van der Waals surface area contributed by atoms with Crippen molar-refractivity contribution in [1.29, 1.82) is 0 Å². The molecule has 3 rings (SSSR count). The number of anilines is 3. The zero-order valence-corrected chi connectivity index (χ0v) is 15.7. The number of rotatable bonds is 5. The summed E-state index contributed by atoms with van der Waals surface area (Å²) >= 11 is 0. The van der Waals surface area contributed by atoms with Gasteiger partial charge >= 0.3 is 5.97 Å². The quantitative estimate of drug-likeness (QED) is 0.816. The second kappa shape index (κ2) is 8.17. The highest BCUT2D eigenvalue weighted by Gasteiger charge is 2.23. The van der Waals surface area contributed by atoms with E-state index in [-0.39, 0.29) is 5.97 Å². The molecule has 1 unspecified atom stereocenters. The van der Waals surface area contributed by atoms with E-state index >= 15 is 0 Å². The standard InChI is InChI=1S/C20H26N4O2/c1-4-17-7-5-6-12-24(17)20-21-14(2)13-18(23-20)22-16-10-8-15(9-11-16)19(25)26-3/h8-11,13,17H,4-7,12H2,1-3H3,(H,21,22,23). The summed E-state index contributed by atoms with van der Waals surface area (Å²) in [6, 6.07) is 9.61. The smallest absolute Gasteiger partial charge is 0.337 e. The molecule has 0 amide bonds. The van der Waals surface area contributed by atoms with Crippen LogP contribution in [-0.2, 0) is 4.74 Å². The minimum Gasteiger partial charge on any atom is -0.465 e. The second-order valence-electron chi connectivity index (χ2n) is 6.64. The number of nitrogens with zero attached hydrogens (tertiary/aromatic N) is 3. The predicted molar refractivity (Wildman–Crippen MR) is 103 cm³/mol. The van der Waals surface area contributed by atoms with Crippen LogP contribution in [0.4, 0.5) is 17.5 Å². The highest BCUT2D eigenvalue weighted by molar-refractivity contribution is 5.89. The van der Waals surface area contributed by atoms with Crippen molar-refractivity contribution in [3.8, 4) is 0 Å². The fraction of sp³-hybridized carbons (Fsp3) is 0.450. The van der Waals surface area contributed by atoms with E-state index in [9.17, 15) is 4.79 Å². The zero-order chi connectivity index (χ0) is 18.5. The Balaban J connectivity index is 1.80. The maximum absolute atomic E-state index is 11.5. The summed E-state index contributed by atoms with van der Waals surface area (Å²) in [6.45, 7) is 5.22. The van der Waals surface area contributed by atoms with Crippen molar-refractivity contribution in [2.24, 2.45) is 0 Å². The van der Waals surface area contributed by atoms with Crippen LogP contribution in [0.15, 0.2) is 30.3 Å². The topological polar surface area (TPSA) is 67.4 Å². The Bertz CT molecular complexity index is 761. The van der Waals surface area contributed by atoms with E-state index in [1.807, 2.05) is 25.1 Å². The maximum atomic E-state index is 11.5. The van der Waals surface area contributed by atoms with E-state index in [1.54, 1.807) is 12.1 Å². The first kappa shape index (κ1) is 18.2. The lowest BCUT2D eigenvalue weighted by Gasteiger charge is -2.35. The van der Waals surface area contributed by atoms with Crippen LogP contribution < -0.4 is 10.2 Å². The van der Waals surface area contributed by atoms with Gasteiger partial charge in [-0.25, -0.2) is 9.78 Å². The highest BCUT2D eigenvalue weighted by atomic mass is 16.5. The van der Waals surface area contributed by atoms with Gasteiger partial charge in [-0.3, -0.25) is 0 Å². The number of aromatic nitrogens is 2. The van der Waals surface area contributed by atoms with Crippen LogP contribution in [0.2, 0.25) is 0 Å². The van der Waals surface area contributed by atoms with E-state index in [4.69, 9.17) is 9.72 Å². The molecule has 1 aromatic carbocycles. The van der Waals surface area contributed by atoms with Gasteiger partial charge in [-0.15, -0.1) is 0 Å². The largest absolute Gasteiger partial charge is 0.465 e. The number of piperidine rings is 1. The van der Waals surface area contributed by atoms with Gasteiger partial charge in [0.15, 0.2) is 0 Å². The number of esters is 1. The van der Waals surface area contributed by atoms with E-state index < -0.39 is 0 Å². The summed E-state index contributed by atoms with van der Waals surface area (Å²) < 4.78 is 4.73. The van der Waals surface area contributed by atoms with Crippen LogP contribution in [0.3, 0.4) is 0 Å². The van der Waals surface area contributed by atoms with Crippen LogP contribution in [0.25, 0.3) is 0 Å². The molecule has 1 aliphatic rings. The number of ether oxygens (including phenoxy) is 1. The minimum atomic E-state index is -0.340. The van der Waals surface area contributed by atoms with Gasteiger partial charge in [0.1, 0.15) is 5.82 Å². The third-order valence-electron chi connectivity index (χ3n) is 4.78. The van der Waals surface area contributed by atoms with Gasteiger partial charge in [0.2, 0.25) is 5.95 Å². The SMILES string of the molecule is CCC1CCCCN1c1nc(C)cc(Nc2ccc(C(=O)OC)cc2)n1. The molecule has 1 N–H and O–H groups in total. The van der Waals surface area contributed by atoms with E-state index in [0.29, 0.717) is 11.6 Å². The molecule has 0 aliphatic carbocycles. The molecule has 0 radical (unpaired) electrons. The molecule has 138 valence electrons. The Kier molecular flexibility index (Phi) is 5.71. The molecule has 2 heterocycles. The van der Waals surface area contributed by atoms with Gasteiger partial charge in [-0.1, -0.05) is 6.92 Å². The molecular weight excluding hydrogens is 328 g/mol. The summed E-state index contributed by atoms with van der Waals surface area (Å²) in [7, 11) is 1.38. The van der Waals surface area contributed by atoms with Gasteiger partial charge in [0.25, 0.3) is 0 Å². The molecule has 1 saturated heterocycles. The van der Waals surface area contributed by atoms with E-state index in [2.05, 4.69) is 22.1 Å². The van der Waals surface area contributed by atoms with Gasteiger partial charge in [0.05, 0.1) is 12.7 Å².